The third-order valence-electron chi connectivity index (χ3n) is 3.44. The molecule has 0 N–H and O–H groups in total. The summed E-state index contributed by atoms with van der Waals surface area (Å²) >= 11 is 0. The second kappa shape index (κ2) is 5.33. The molecule has 0 atom stereocenters. The fourth-order valence-electron chi connectivity index (χ4n) is 2.46. The maximum atomic E-state index is 14.5. The Morgan fingerprint density at radius 2 is 1.64 bits per heavy atom. The Kier molecular flexibility index (Phi) is 3.48. The van der Waals surface area contributed by atoms with Gasteiger partial charge in [-0.15, -0.1) is 0 Å². The fourth-order valence-corrected chi connectivity index (χ4v) is 2.46. The Hall–Kier alpha value is -2.56. The van der Waals surface area contributed by atoms with Gasteiger partial charge in [0.25, 0.3) is 0 Å². The lowest BCUT2D eigenvalue weighted by Crippen LogP contribution is -2.29. The standard InChI is InChI=1S/C17H13F2NO2/c1-2-22-16(21)17(18,19)15-13-9-4-3-7-11(13)12-8-5-6-10-14(12)20-15/h3-10H,2H2,1H3. The van der Waals surface area contributed by atoms with Crippen molar-refractivity contribution in [3.8, 4) is 0 Å². The summed E-state index contributed by atoms with van der Waals surface area (Å²) < 4.78 is 33.4. The quantitative estimate of drug-likeness (QED) is 0.541. The highest BCUT2D eigenvalue weighted by molar-refractivity contribution is 6.07. The normalized spacial score (nSPS) is 11.8. The van der Waals surface area contributed by atoms with E-state index in [4.69, 9.17) is 0 Å². The van der Waals surface area contributed by atoms with Gasteiger partial charge in [0, 0.05) is 10.8 Å². The molecule has 112 valence electrons. The Bertz CT molecular complexity index is 862. The van der Waals surface area contributed by atoms with Crippen molar-refractivity contribution in [3.05, 3.63) is 54.2 Å². The van der Waals surface area contributed by atoms with Crippen molar-refractivity contribution in [1.29, 1.82) is 0 Å². The number of esters is 1. The third-order valence-corrected chi connectivity index (χ3v) is 3.44. The molecule has 0 aliphatic heterocycles. The molecule has 0 radical (unpaired) electrons. The third kappa shape index (κ3) is 2.19. The molecule has 0 amide bonds. The Morgan fingerprint density at radius 3 is 2.32 bits per heavy atom. The summed E-state index contributed by atoms with van der Waals surface area (Å²) in [6.07, 6.45) is 0. The summed E-state index contributed by atoms with van der Waals surface area (Å²) in [5.74, 6) is -5.37. The minimum absolute atomic E-state index is 0.111. The van der Waals surface area contributed by atoms with E-state index in [9.17, 15) is 13.6 Å². The minimum Gasteiger partial charge on any atom is -0.461 e. The topological polar surface area (TPSA) is 39.2 Å². The van der Waals surface area contributed by atoms with Crippen LogP contribution in [0.1, 0.15) is 12.6 Å². The van der Waals surface area contributed by atoms with Crippen molar-refractivity contribution in [2.75, 3.05) is 6.61 Å². The minimum atomic E-state index is -3.79. The summed E-state index contributed by atoms with van der Waals surface area (Å²) in [6, 6.07) is 13.7. The number of carbonyl (C=O) groups excluding carboxylic acids is 1. The first-order valence-corrected chi connectivity index (χ1v) is 6.88. The number of ether oxygens (including phenoxy) is 1. The molecule has 1 heterocycles. The van der Waals surface area contributed by atoms with Gasteiger partial charge in [0.15, 0.2) is 0 Å². The van der Waals surface area contributed by atoms with Crippen LogP contribution in [0.2, 0.25) is 0 Å². The van der Waals surface area contributed by atoms with Crippen LogP contribution < -0.4 is 0 Å². The largest absolute Gasteiger partial charge is 0.461 e. The molecule has 0 aliphatic rings. The summed E-state index contributed by atoms with van der Waals surface area (Å²) in [6.45, 7) is 1.37. The van der Waals surface area contributed by atoms with Crippen molar-refractivity contribution in [2.24, 2.45) is 0 Å². The second-order valence-electron chi connectivity index (χ2n) is 4.82. The highest BCUT2D eigenvalue weighted by Gasteiger charge is 2.45. The van der Waals surface area contributed by atoms with Crippen molar-refractivity contribution in [3.63, 3.8) is 0 Å². The smallest absolute Gasteiger partial charge is 0.385 e. The number of nitrogens with zero attached hydrogens (tertiary/aromatic N) is 1. The SMILES string of the molecule is CCOC(=O)C(F)(F)c1nc2ccccc2c2ccccc12. The van der Waals surface area contributed by atoms with Gasteiger partial charge >= 0.3 is 11.9 Å². The number of pyridine rings is 1. The molecule has 0 spiro atoms. The average Bonchev–Trinajstić information content (AvgIpc) is 2.54. The van der Waals surface area contributed by atoms with Crippen molar-refractivity contribution >= 4 is 27.6 Å². The van der Waals surface area contributed by atoms with Crippen molar-refractivity contribution in [2.45, 2.75) is 12.8 Å². The lowest BCUT2D eigenvalue weighted by Gasteiger charge is -2.17. The van der Waals surface area contributed by atoms with Crippen molar-refractivity contribution in [1.82, 2.24) is 4.98 Å². The van der Waals surface area contributed by atoms with Crippen LogP contribution in [0.15, 0.2) is 48.5 Å². The van der Waals surface area contributed by atoms with Gasteiger partial charge in [-0.1, -0.05) is 42.5 Å². The van der Waals surface area contributed by atoms with E-state index in [0.29, 0.717) is 10.9 Å². The monoisotopic (exact) mass is 301 g/mol. The maximum Gasteiger partial charge on any atom is 0.385 e. The molecule has 0 fully saturated rings. The average molecular weight is 301 g/mol. The van der Waals surface area contributed by atoms with E-state index < -0.39 is 17.6 Å². The molecule has 0 bridgehead atoms. The Balaban J connectivity index is 2.35. The molecule has 3 nitrogen and oxygen atoms in total. The number of carbonyl (C=O) groups is 1. The summed E-state index contributed by atoms with van der Waals surface area (Å²) in [4.78, 5) is 15.7. The first kappa shape index (κ1) is 14.4. The van der Waals surface area contributed by atoms with E-state index in [2.05, 4.69) is 9.72 Å². The predicted octanol–water partition coefficient (Wildman–Crippen LogP) is 4.04. The van der Waals surface area contributed by atoms with Gasteiger partial charge in [0.2, 0.25) is 0 Å². The lowest BCUT2D eigenvalue weighted by molar-refractivity contribution is -0.173. The van der Waals surface area contributed by atoms with E-state index in [1.165, 1.54) is 13.0 Å². The molecule has 1 aromatic heterocycles. The summed E-state index contributed by atoms with van der Waals surface area (Å²) in [5.41, 5.74) is -0.152. The van der Waals surface area contributed by atoms with Gasteiger partial charge in [-0.25, -0.2) is 9.78 Å². The van der Waals surface area contributed by atoms with E-state index >= 15 is 0 Å². The molecule has 0 aliphatic carbocycles. The van der Waals surface area contributed by atoms with Crippen LogP contribution in [0.3, 0.4) is 0 Å². The molecule has 0 saturated heterocycles. The van der Waals surface area contributed by atoms with Gasteiger partial charge in [-0.2, -0.15) is 8.78 Å². The van der Waals surface area contributed by atoms with Gasteiger partial charge in [0.05, 0.1) is 12.1 Å². The highest BCUT2D eigenvalue weighted by atomic mass is 19.3. The van der Waals surface area contributed by atoms with Gasteiger partial charge in [-0.05, 0) is 18.4 Å². The number of hydrogen-bond acceptors (Lipinski definition) is 3. The van der Waals surface area contributed by atoms with Crippen LogP contribution in [-0.2, 0) is 15.5 Å². The Labute approximate surface area is 125 Å². The fraction of sp³-hybridized carbons (Fsp3) is 0.176. The Morgan fingerprint density at radius 1 is 1.05 bits per heavy atom. The van der Waals surface area contributed by atoms with Gasteiger partial charge in [0.1, 0.15) is 5.69 Å². The van der Waals surface area contributed by atoms with Crippen molar-refractivity contribution < 1.29 is 18.3 Å². The second-order valence-corrected chi connectivity index (χ2v) is 4.82. The number of hydrogen-bond donors (Lipinski definition) is 0. The molecular weight excluding hydrogens is 288 g/mol. The number of rotatable bonds is 3. The van der Waals surface area contributed by atoms with E-state index in [1.54, 1.807) is 30.3 Å². The number of alkyl halides is 2. The zero-order valence-corrected chi connectivity index (χ0v) is 11.8. The number of benzene rings is 2. The highest BCUT2D eigenvalue weighted by Crippen LogP contribution is 2.36. The molecule has 5 heteroatoms. The number of halogens is 2. The van der Waals surface area contributed by atoms with Gasteiger partial charge in [-0.3, -0.25) is 0 Å². The first-order valence-electron chi connectivity index (χ1n) is 6.88. The van der Waals surface area contributed by atoms with Gasteiger partial charge < -0.3 is 4.74 Å². The summed E-state index contributed by atoms with van der Waals surface area (Å²) in [7, 11) is 0. The molecule has 0 saturated carbocycles. The zero-order chi connectivity index (χ0) is 15.7. The number of fused-ring (bicyclic) bond motifs is 3. The van der Waals surface area contributed by atoms with E-state index in [1.807, 2.05) is 12.1 Å². The van der Waals surface area contributed by atoms with Crippen LogP contribution in [0.25, 0.3) is 21.7 Å². The van der Waals surface area contributed by atoms with Crippen LogP contribution in [0, 0.1) is 0 Å². The van der Waals surface area contributed by atoms with Crippen LogP contribution in [0.5, 0.6) is 0 Å². The molecule has 0 unspecified atom stereocenters. The molecule has 2 aromatic carbocycles. The molecule has 3 aromatic rings. The zero-order valence-electron chi connectivity index (χ0n) is 11.8. The van der Waals surface area contributed by atoms with Crippen LogP contribution in [0.4, 0.5) is 8.78 Å². The van der Waals surface area contributed by atoms with Crippen LogP contribution >= 0.6 is 0 Å². The number of para-hydroxylation sites is 1. The van der Waals surface area contributed by atoms with E-state index in [0.717, 1.165) is 5.39 Å². The summed E-state index contributed by atoms with van der Waals surface area (Å²) in [5, 5.41) is 1.65. The first-order chi connectivity index (χ1) is 10.6. The maximum absolute atomic E-state index is 14.5. The van der Waals surface area contributed by atoms with Crippen LogP contribution in [-0.4, -0.2) is 17.6 Å². The lowest BCUT2D eigenvalue weighted by atomic mass is 10.0. The molecule has 22 heavy (non-hydrogen) atoms. The van der Waals surface area contributed by atoms with E-state index in [-0.39, 0.29) is 12.0 Å². The molecular formula is C17H13F2NO2. The molecule has 3 rings (SSSR count). The predicted molar refractivity (Wildman–Crippen MR) is 79.8 cm³/mol. The number of aromatic nitrogens is 1.